The fourth-order valence-electron chi connectivity index (χ4n) is 0. The molecule has 0 fully saturated rings. The average Bonchev–Trinajstić information content (AvgIpc) is 1.36. The zero-order chi connectivity index (χ0) is 6.50. The van der Waals surface area contributed by atoms with E-state index in [1.807, 2.05) is 5.82 Å². The van der Waals surface area contributed by atoms with Gasteiger partial charge in [-0.25, -0.2) is 4.57 Å². The predicted octanol–water partition coefficient (Wildman–Crippen LogP) is -1.64. The van der Waals surface area contributed by atoms with Gasteiger partial charge >= 0.3 is 67.4 Å². The molecule has 0 aromatic carbocycles. The molecule has 0 aliphatic heterocycles. The summed E-state index contributed by atoms with van der Waals surface area (Å²) >= 11 is 2.94. The van der Waals surface area contributed by atoms with Gasteiger partial charge in [0.05, 0.1) is 0 Å². The monoisotopic (exact) mass is 184 g/mol. The number of hydrogen-bond acceptors (Lipinski definition) is 1. The first-order chi connectivity index (χ1) is 3.00. The van der Waals surface area contributed by atoms with E-state index >= 15 is 0 Å². The van der Waals surface area contributed by atoms with Crippen LogP contribution >= 0.6 is 7.82 Å². The molecule has 8 heteroatoms. The van der Waals surface area contributed by atoms with E-state index in [1.165, 1.54) is 0 Å². The molecular formula is CH8Li2MnO4P. The minimum absolute atomic E-state index is 0. The van der Waals surface area contributed by atoms with E-state index < -0.39 is 7.82 Å². The molecule has 50 valence electrons. The molecule has 0 bridgehead atoms. The summed E-state index contributed by atoms with van der Waals surface area (Å²) in [6.07, 6.45) is 0. The van der Waals surface area contributed by atoms with E-state index in [9.17, 15) is 0 Å². The van der Waals surface area contributed by atoms with Crippen LogP contribution in [0.5, 0.6) is 0 Å². The molecule has 0 radical (unpaired) electrons. The van der Waals surface area contributed by atoms with Crippen molar-refractivity contribution in [1.82, 2.24) is 0 Å². The zero-order valence-corrected chi connectivity index (χ0v) is 5.65. The first-order valence-electron chi connectivity index (χ1n) is 1.16. The van der Waals surface area contributed by atoms with E-state index in [0.29, 0.717) is 0 Å². The van der Waals surface area contributed by atoms with Crippen LogP contribution in [0.25, 0.3) is 0 Å². The van der Waals surface area contributed by atoms with Gasteiger partial charge in [-0.1, -0.05) is 0 Å². The van der Waals surface area contributed by atoms with Gasteiger partial charge in [0.25, 0.3) is 0 Å². The van der Waals surface area contributed by atoms with Gasteiger partial charge in [0.2, 0.25) is 0 Å². The first-order valence-corrected chi connectivity index (χ1v) is 3.91. The van der Waals surface area contributed by atoms with Gasteiger partial charge in [-0.15, -0.1) is 0 Å². The molecule has 0 saturated heterocycles. The molecule has 0 amide bonds. The van der Waals surface area contributed by atoms with Crippen LogP contribution in [-0.4, -0.2) is 52.4 Å². The molecule has 0 atom stereocenters. The summed E-state index contributed by atoms with van der Waals surface area (Å²) < 4.78 is 8.88. The second kappa shape index (κ2) is 12.5. The van der Waals surface area contributed by atoms with Crippen molar-refractivity contribution < 1.29 is 35.3 Å². The Kier molecular flexibility index (Phi) is 31.1. The average molecular weight is 184 g/mol. The van der Waals surface area contributed by atoms with Gasteiger partial charge < -0.3 is 14.7 Å². The van der Waals surface area contributed by atoms with E-state index in [-0.39, 0.29) is 37.7 Å². The SMILES string of the molecule is O=P(O)(O)O.[CH3][Mn].[LiH].[LiH]. The molecule has 0 aromatic heterocycles. The summed E-state index contributed by atoms with van der Waals surface area (Å²) in [4.78, 5) is 21.6. The molecular weight excluding hydrogens is 176 g/mol. The Hall–Kier alpha value is 1.82. The zero-order valence-electron chi connectivity index (χ0n) is 3.58. The Morgan fingerprint density at radius 2 is 1.11 bits per heavy atom. The Bertz CT molecular complexity index is 64.7. The summed E-state index contributed by atoms with van der Waals surface area (Å²) in [6.45, 7) is 0. The quantitative estimate of drug-likeness (QED) is 0.311. The molecule has 0 heterocycles. The van der Waals surface area contributed by atoms with E-state index in [1.54, 1.807) is 0 Å². The standard InChI is InChI=1S/CH3.2Li.Mn.H3O4P.2H/c;;;;1-5(2,3)4;;/h1H3;;;;(H3,1,2,3,4);;. The van der Waals surface area contributed by atoms with Crippen LogP contribution in [0.4, 0.5) is 0 Å². The van der Waals surface area contributed by atoms with Crippen molar-refractivity contribution in [3.05, 3.63) is 0 Å². The van der Waals surface area contributed by atoms with Crippen LogP contribution in [0.1, 0.15) is 0 Å². The van der Waals surface area contributed by atoms with Crippen LogP contribution < -0.4 is 0 Å². The fourth-order valence-corrected chi connectivity index (χ4v) is 0. The normalized spacial score (nSPS) is 7.22. The van der Waals surface area contributed by atoms with Gasteiger partial charge in [-0.3, -0.25) is 0 Å². The first kappa shape index (κ1) is 22.4. The van der Waals surface area contributed by atoms with Crippen molar-refractivity contribution in [3.8, 4) is 0 Å². The topological polar surface area (TPSA) is 77.8 Å². The summed E-state index contributed by atoms with van der Waals surface area (Å²) in [5.41, 5.74) is 0. The Morgan fingerprint density at radius 3 is 1.11 bits per heavy atom. The molecule has 0 saturated carbocycles. The van der Waals surface area contributed by atoms with Crippen molar-refractivity contribution in [1.29, 1.82) is 0 Å². The summed E-state index contributed by atoms with van der Waals surface area (Å²) in [5.74, 6) is 1.81. The molecule has 0 unspecified atom stereocenters. The molecule has 0 spiro atoms. The number of hydrogen-bond donors (Lipinski definition) is 3. The third-order valence-corrected chi connectivity index (χ3v) is 0. The van der Waals surface area contributed by atoms with Crippen LogP contribution in [0.2, 0.25) is 5.82 Å². The van der Waals surface area contributed by atoms with Crippen molar-refractivity contribution in [2.45, 2.75) is 5.82 Å². The summed E-state index contributed by atoms with van der Waals surface area (Å²) in [6, 6.07) is 0. The molecule has 0 rings (SSSR count). The molecule has 0 aromatic rings. The molecule has 0 aliphatic carbocycles. The van der Waals surface area contributed by atoms with E-state index in [2.05, 4.69) is 16.0 Å². The summed E-state index contributed by atoms with van der Waals surface area (Å²) in [7, 11) is -4.64. The van der Waals surface area contributed by atoms with Crippen molar-refractivity contribution >= 4 is 45.5 Å². The van der Waals surface area contributed by atoms with Gasteiger partial charge in [-0.05, 0) is 0 Å². The Labute approximate surface area is 86.2 Å². The van der Waals surface area contributed by atoms with E-state index in [4.69, 9.17) is 19.2 Å². The molecule has 0 aliphatic rings. The second-order valence-electron chi connectivity index (χ2n) is 0.513. The van der Waals surface area contributed by atoms with Gasteiger partial charge in [0.1, 0.15) is 0 Å². The van der Waals surface area contributed by atoms with Crippen molar-refractivity contribution in [3.63, 3.8) is 0 Å². The van der Waals surface area contributed by atoms with Gasteiger partial charge in [0, 0.05) is 0 Å². The minimum atomic E-state index is -4.64. The number of phosphoric acid groups is 1. The third kappa shape index (κ3) is 181. The van der Waals surface area contributed by atoms with Crippen molar-refractivity contribution in [2.75, 3.05) is 0 Å². The van der Waals surface area contributed by atoms with E-state index in [0.717, 1.165) is 0 Å². The van der Waals surface area contributed by atoms with Crippen LogP contribution in [-0.2, 0) is 20.6 Å². The van der Waals surface area contributed by atoms with Gasteiger partial charge in [0.15, 0.2) is 0 Å². The van der Waals surface area contributed by atoms with Crippen LogP contribution in [0.15, 0.2) is 0 Å². The maximum atomic E-state index is 8.88. The summed E-state index contributed by atoms with van der Waals surface area (Å²) in [5, 5.41) is 0. The van der Waals surface area contributed by atoms with Crippen LogP contribution in [0.3, 0.4) is 0 Å². The predicted molar refractivity (Wildman–Crippen MR) is 34.4 cm³/mol. The van der Waals surface area contributed by atoms with Crippen molar-refractivity contribution in [2.24, 2.45) is 0 Å². The fraction of sp³-hybridized carbons (Fsp3) is 1.00. The molecule has 3 N–H and O–H groups in total. The second-order valence-corrected chi connectivity index (χ2v) is 1.54. The maximum absolute atomic E-state index is 8.88. The third-order valence-electron chi connectivity index (χ3n) is 0. The molecule has 9 heavy (non-hydrogen) atoms. The Balaban J connectivity index is -0.0000000286. The van der Waals surface area contributed by atoms with Crippen LogP contribution in [0, 0.1) is 0 Å². The number of rotatable bonds is 0. The van der Waals surface area contributed by atoms with Gasteiger partial charge in [-0.2, -0.15) is 0 Å². The molecule has 4 nitrogen and oxygen atoms in total. The Morgan fingerprint density at radius 1 is 1.11 bits per heavy atom.